The third-order valence-electron chi connectivity index (χ3n) is 2.74. The number of anilines is 1. The van der Waals surface area contributed by atoms with Gasteiger partial charge < -0.3 is 5.73 Å². The average molecular weight is 320 g/mol. The van der Waals surface area contributed by atoms with E-state index in [1.807, 2.05) is 0 Å². The van der Waals surface area contributed by atoms with Crippen molar-refractivity contribution in [3.63, 3.8) is 0 Å². The van der Waals surface area contributed by atoms with Crippen molar-refractivity contribution in [3.05, 3.63) is 36.2 Å². The van der Waals surface area contributed by atoms with Gasteiger partial charge in [-0.05, 0) is 25.2 Å². The number of rotatable bonds is 3. The standard InChI is InChI=1S/C11H11F3N4O2S/c1-16-21(19,20)8-2-3-9(15)10(4-8)18-6-7(5-17-18)11(12,13)14/h2-6,16H,15H2,1H3. The summed E-state index contributed by atoms with van der Waals surface area (Å²) in [7, 11) is -2.51. The molecular weight excluding hydrogens is 309 g/mol. The van der Waals surface area contributed by atoms with E-state index in [0.29, 0.717) is 6.20 Å². The summed E-state index contributed by atoms with van der Waals surface area (Å²) in [4.78, 5) is -0.127. The maximum absolute atomic E-state index is 12.6. The van der Waals surface area contributed by atoms with Crippen LogP contribution in [0.1, 0.15) is 5.56 Å². The zero-order valence-electron chi connectivity index (χ0n) is 10.7. The van der Waals surface area contributed by atoms with Crippen molar-refractivity contribution in [3.8, 4) is 5.69 Å². The van der Waals surface area contributed by atoms with Gasteiger partial charge in [0.05, 0.1) is 28.0 Å². The fourth-order valence-corrected chi connectivity index (χ4v) is 2.36. The van der Waals surface area contributed by atoms with Gasteiger partial charge in [-0.15, -0.1) is 0 Å². The predicted octanol–water partition coefficient (Wildman–Crippen LogP) is 1.38. The second kappa shape index (κ2) is 5.04. The van der Waals surface area contributed by atoms with Gasteiger partial charge in [-0.2, -0.15) is 18.3 Å². The SMILES string of the molecule is CNS(=O)(=O)c1ccc(N)c(-n2cc(C(F)(F)F)cn2)c1. The molecule has 0 radical (unpaired) electrons. The molecule has 3 N–H and O–H groups in total. The summed E-state index contributed by atoms with van der Waals surface area (Å²) in [6.45, 7) is 0. The molecule has 1 aromatic carbocycles. The van der Waals surface area contributed by atoms with Gasteiger partial charge in [0, 0.05) is 6.20 Å². The number of hydrogen-bond donors (Lipinski definition) is 2. The molecule has 0 fully saturated rings. The largest absolute Gasteiger partial charge is 0.419 e. The molecule has 0 spiro atoms. The summed E-state index contributed by atoms with van der Waals surface area (Å²) in [5, 5.41) is 3.56. The normalized spacial score (nSPS) is 12.6. The van der Waals surface area contributed by atoms with Crippen LogP contribution >= 0.6 is 0 Å². The van der Waals surface area contributed by atoms with Crippen molar-refractivity contribution >= 4 is 15.7 Å². The fourth-order valence-electron chi connectivity index (χ4n) is 1.61. The Labute approximate surface area is 118 Å². The minimum absolute atomic E-state index is 0.0434. The monoisotopic (exact) mass is 320 g/mol. The molecule has 6 nitrogen and oxygen atoms in total. The maximum Gasteiger partial charge on any atom is 0.419 e. The van der Waals surface area contributed by atoms with Crippen LogP contribution in [0.2, 0.25) is 0 Å². The fraction of sp³-hybridized carbons (Fsp3) is 0.182. The molecule has 0 unspecified atom stereocenters. The van der Waals surface area contributed by atoms with Gasteiger partial charge in [0.25, 0.3) is 0 Å². The maximum atomic E-state index is 12.6. The van der Waals surface area contributed by atoms with Crippen molar-refractivity contribution in [1.29, 1.82) is 0 Å². The molecule has 10 heteroatoms. The van der Waals surface area contributed by atoms with E-state index in [0.717, 1.165) is 16.9 Å². The number of halogens is 3. The lowest BCUT2D eigenvalue weighted by molar-refractivity contribution is -0.137. The van der Waals surface area contributed by atoms with Crippen LogP contribution in [0.25, 0.3) is 5.69 Å². The highest BCUT2D eigenvalue weighted by Gasteiger charge is 2.32. The number of hydrogen-bond acceptors (Lipinski definition) is 4. The molecule has 0 saturated heterocycles. The second-order valence-corrected chi connectivity index (χ2v) is 5.99. The quantitative estimate of drug-likeness (QED) is 0.836. The lowest BCUT2D eigenvalue weighted by Crippen LogP contribution is -2.19. The third-order valence-corrected chi connectivity index (χ3v) is 4.15. The number of sulfonamides is 1. The minimum Gasteiger partial charge on any atom is -0.397 e. The first kappa shape index (κ1) is 15.3. The van der Waals surface area contributed by atoms with E-state index >= 15 is 0 Å². The third kappa shape index (κ3) is 3.00. The molecule has 0 saturated carbocycles. The first-order valence-electron chi connectivity index (χ1n) is 5.60. The van der Waals surface area contributed by atoms with E-state index in [2.05, 4.69) is 9.82 Å². The molecule has 2 rings (SSSR count). The molecule has 0 aliphatic heterocycles. The topological polar surface area (TPSA) is 90.0 Å². The van der Waals surface area contributed by atoms with Crippen molar-refractivity contribution in [2.24, 2.45) is 0 Å². The van der Waals surface area contributed by atoms with E-state index in [1.165, 1.54) is 19.2 Å². The summed E-state index contributed by atoms with van der Waals surface area (Å²) in [5.74, 6) is 0. The lowest BCUT2D eigenvalue weighted by atomic mass is 10.2. The zero-order valence-corrected chi connectivity index (χ0v) is 11.5. The number of benzene rings is 1. The summed E-state index contributed by atoms with van der Waals surface area (Å²) in [6, 6.07) is 3.68. The van der Waals surface area contributed by atoms with Crippen molar-refractivity contribution < 1.29 is 21.6 Å². The van der Waals surface area contributed by atoms with Crippen LogP contribution in [-0.2, 0) is 16.2 Å². The first-order valence-corrected chi connectivity index (χ1v) is 7.09. The van der Waals surface area contributed by atoms with Crippen LogP contribution in [0.3, 0.4) is 0 Å². The summed E-state index contributed by atoms with van der Waals surface area (Å²) in [6.07, 6.45) is -3.16. The zero-order chi connectivity index (χ0) is 15.8. The van der Waals surface area contributed by atoms with Gasteiger partial charge in [0.1, 0.15) is 0 Å². The number of nitrogen functional groups attached to an aromatic ring is 1. The van der Waals surface area contributed by atoms with Gasteiger partial charge in [0.2, 0.25) is 10.0 Å². The Morgan fingerprint density at radius 3 is 2.52 bits per heavy atom. The molecular formula is C11H11F3N4O2S. The van der Waals surface area contributed by atoms with Gasteiger partial charge >= 0.3 is 6.18 Å². The molecule has 1 aromatic heterocycles. The average Bonchev–Trinajstić information content (AvgIpc) is 2.88. The van der Waals surface area contributed by atoms with Crippen LogP contribution < -0.4 is 10.5 Å². The molecule has 0 bridgehead atoms. The molecule has 0 amide bonds. The molecule has 0 atom stereocenters. The Kier molecular flexibility index (Phi) is 3.68. The predicted molar refractivity (Wildman–Crippen MR) is 69.2 cm³/mol. The number of nitrogens with two attached hydrogens (primary N) is 1. The Morgan fingerprint density at radius 2 is 2.00 bits per heavy atom. The summed E-state index contributed by atoms with van der Waals surface area (Å²) >= 11 is 0. The van der Waals surface area contributed by atoms with Gasteiger partial charge in [-0.1, -0.05) is 0 Å². The highest BCUT2D eigenvalue weighted by molar-refractivity contribution is 7.89. The molecule has 21 heavy (non-hydrogen) atoms. The van der Waals surface area contributed by atoms with E-state index in [1.54, 1.807) is 0 Å². The van der Waals surface area contributed by atoms with Crippen molar-refractivity contribution in [2.45, 2.75) is 11.1 Å². The summed E-state index contributed by atoms with van der Waals surface area (Å²) < 4.78 is 64.0. The smallest absolute Gasteiger partial charge is 0.397 e. The van der Waals surface area contributed by atoms with E-state index in [9.17, 15) is 21.6 Å². The molecule has 2 aromatic rings. The highest BCUT2D eigenvalue weighted by Crippen LogP contribution is 2.30. The molecule has 1 heterocycles. The van der Waals surface area contributed by atoms with Crippen LogP contribution in [0.4, 0.5) is 18.9 Å². The van der Waals surface area contributed by atoms with Gasteiger partial charge in [-0.25, -0.2) is 17.8 Å². The van der Waals surface area contributed by atoms with E-state index in [4.69, 9.17) is 5.73 Å². The molecule has 0 aliphatic carbocycles. The van der Waals surface area contributed by atoms with Crippen molar-refractivity contribution in [2.75, 3.05) is 12.8 Å². The van der Waals surface area contributed by atoms with Crippen LogP contribution in [0.15, 0.2) is 35.5 Å². The Hall–Kier alpha value is -2.07. The van der Waals surface area contributed by atoms with Crippen molar-refractivity contribution in [1.82, 2.24) is 14.5 Å². The van der Waals surface area contributed by atoms with Crippen LogP contribution in [0, 0.1) is 0 Å². The number of nitrogens with zero attached hydrogens (tertiary/aromatic N) is 2. The van der Waals surface area contributed by atoms with Crippen LogP contribution in [-0.4, -0.2) is 25.2 Å². The minimum atomic E-state index is -4.54. The number of alkyl halides is 3. The van der Waals surface area contributed by atoms with Crippen LogP contribution in [0.5, 0.6) is 0 Å². The lowest BCUT2D eigenvalue weighted by Gasteiger charge is -2.09. The molecule has 114 valence electrons. The Morgan fingerprint density at radius 1 is 1.33 bits per heavy atom. The first-order chi connectivity index (χ1) is 9.65. The number of nitrogens with one attached hydrogen (secondary N) is 1. The molecule has 0 aliphatic rings. The Bertz CT molecular complexity index is 768. The van der Waals surface area contributed by atoms with Gasteiger partial charge in [0.15, 0.2) is 0 Å². The van der Waals surface area contributed by atoms with E-state index in [-0.39, 0.29) is 16.3 Å². The van der Waals surface area contributed by atoms with Gasteiger partial charge in [-0.3, -0.25) is 0 Å². The van der Waals surface area contributed by atoms with E-state index < -0.39 is 21.8 Å². The number of aromatic nitrogens is 2. The second-order valence-electron chi connectivity index (χ2n) is 4.10. The summed E-state index contributed by atoms with van der Waals surface area (Å²) in [5.41, 5.74) is 4.85. The highest BCUT2D eigenvalue weighted by atomic mass is 32.2. The Balaban J connectivity index is 2.54.